The van der Waals surface area contributed by atoms with Gasteiger partial charge in [0.25, 0.3) is 0 Å². The first-order valence-electron chi connectivity index (χ1n) is 4.35. The van der Waals surface area contributed by atoms with E-state index < -0.39 is 11.9 Å². The van der Waals surface area contributed by atoms with Gasteiger partial charge in [-0.25, -0.2) is 0 Å². The standard InChI is InChI=1S/C9H10N2O3/c1-11-4-5(3-10-11)8(12)6-2-7(6)9(13)14/h3-4,6-7H,2H2,1H3,(H,13,14)/t6-,7+/m0/s1. The summed E-state index contributed by atoms with van der Waals surface area (Å²) < 4.78 is 1.53. The summed E-state index contributed by atoms with van der Waals surface area (Å²) >= 11 is 0. The van der Waals surface area contributed by atoms with Gasteiger partial charge in [-0.2, -0.15) is 5.10 Å². The minimum absolute atomic E-state index is 0.106. The second-order valence-electron chi connectivity index (χ2n) is 3.55. The van der Waals surface area contributed by atoms with E-state index in [1.54, 1.807) is 13.2 Å². The molecule has 2 rings (SSSR count). The van der Waals surface area contributed by atoms with Crippen LogP contribution in [0.5, 0.6) is 0 Å². The summed E-state index contributed by atoms with van der Waals surface area (Å²) in [4.78, 5) is 22.2. The predicted molar refractivity (Wildman–Crippen MR) is 46.8 cm³/mol. The summed E-state index contributed by atoms with van der Waals surface area (Å²) in [7, 11) is 1.72. The Morgan fingerprint density at radius 1 is 1.57 bits per heavy atom. The largest absolute Gasteiger partial charge is 0.481 e. The highest BCUT2D eigenvalue weighted by Gasteiger charge is 2.48. The molecular weight excluding hydrogens is 184 g/mol. The summed E-state index contributed by atoms with van der Waals surface area (Å²) in [6.45, 7) is 0. The van der Waals surface area contributed by atoms with Crippen molar-refractivity contribution >= 4 is 11.8 Å². The van der Waals surface area contributed by atoms with E-state index in [0.717, 1.165) is 0 Å². The van der Waals surface area contributed by atoms with Gasteiger partial charge >= 0.3 is 5.97 Å². The van der Waals surface area contributed by atoms with Crippen LogP contribution in [-0.4, -0.2) is 26.6 Å². The Morgan fingerprint density at radius 3 is 2.71 bits per heavy atom. The van der Waals surface area contributed by atoms with Crippen molar-refractivity contribution in [2.24, 2.45) is 18.9 Å². The van der Waals surface area contributed by atoms with Crippen molar-refractivity contribution in [1.29, 1.82) is 0 Å². The molecule has 0 amide bonds. The molecular formula is C9H10N2O3. The molecule has 1 heterocycles. The Labute approximate surface area is 80.3 Å². The monoisotopic (exact) mass is 194 g/mol. The van der Waals surface area contributed by atoms with Gasteiger partial charge < -0.3 is 5.11 Å². The lowest BCUT2D eigenvalue weighted by Gasteiger charge is -1.92. The van der Waals surface area contributed by atoms with Crippen molar-refractivity contribution in [3.63, 3.8) is 0 Å². The zero-order valence-corrected chi connectivity index (χ0v) is 7.67. The third-order valence-corrected chi connectivity index (χ3v) is 2.43. The molecule has 0 saturated heterocycles. The van der Waals surface area contributed by atoms with Gasteiger partial charge in [0.05, 0.1) is 17.7 Å². The third kappa shape index (κ3) is 1.41. The number of Topliss-reactive ketones (excluding diaryl/α,β-unsaturated/α-hetero) is 1. The van der Waals surface area contributed by atoms with E-state index in [-0.39, 0.29) is 11.7 Å². The molecule has 2 atom stereocenters. The molecule has 1 aliphatic carbocycles. The molecule has 1 aliphatic rings. The highest BCUT2D eigenvalue weighted by Crippen LogP contribution is 2.40. The van der Waals surface area contributed by atoms with Gasteiger partial charge in [0, 0.05) is 19.2 Å². The lowest BCUT2D eigenvalue weighted by atomic mass is 10.1. The van der Waals surface area contributed by atoms with Crippen molar-refractivity contribution in [2.45, 2.75) is 6.42 Å². The van der Waals surface area contributed by atoms with Gasteiger partial charge in [-0.15, -0.1) is 0 Å². The highest BCUT2D eigenvalue weighted by atomic mass is 16.4. The number of hydrogen-bond acceptors (Lipinski definition) is 3. The summed E-state index contributed by atoms with van der Waals surface area (Å²) in [5.41, 5.74) is 0.501. The molecule has 1 aromatic heterocycles. The van der Waals surface area contributed by atoms with E-state index in [1.165, 1.54) is 10.9 Å². The normalized spacial score (nSPS) is 24.6. The van der Waals surface area contributed by atoms with E-state index >= 15 is 0 Å². The number of carboxylic acid groups (broad SMARTS) is 1. The van der Waals surface area contributed by atoms with Crippen LogP contribution in [0.1, 0.15) is 16.8 Å². The summed E-state index contributed by atoms with van der Waals surface area (Å²) in [5, 5.41) is 12.5. The number of aryl methyl sites for hydroxylation is 1. The van der Waals surface area contributed by atoms with Crippen LogP contribution in [-0.2, 0) is 11.8 Å². The molecule has 0 bridgehead atoms. The van der Waals surface area contributed by atoms with Crippen LogP contribution in [0.2, 0.25) is 0 Å². The molecule has 0 unspecified atom stereocenters. The van der Waals surface area contributed by atoms with E-state index in [9.17, 15) is 9.59 Å². The summed E-state index contributed by atoms with van der Waals surface area (Å²) in [5.74, 6) is -1.81. The first-order valence-corrected chi connectivity index (χ1v) is 4.35. The van der Waals surface area contributed by atoms with Crippen molar-refractivity contribution in [3.8, 4) is 0 Å². The number of aliphatic carboxylic acids is 1. The average molecular weight is 194 g/mol. The molecule has 74 valence electrons. The summed E-state index contributed by atoms with van der Waals surface area (Å²) in [6, 6.07) is 0. The number of ketones is 1. The van der Waals surface area contributed by atoms with Gasteiger partial charge in [0.1, 0.15) is 0 Å². The molecule has 5 heteroatoms. The number of rotatable bonds is 3. The maximum absolute atomic E-state index is 11.6. The minimum atomic E-state index is -0.882. The Balaban J connectivity index is 2.08. The van der Waals surface area contributed by atoms with Crippen LogP contribution >= 0.6 is 0 Å². The van der Waals surface area contributed by atoms with Crippen LogP contribution in [0, 0.1) is 11.8 Å². The van der Waals surface area contributed by atoms with Crippen molar-refractivity contribution in [2.75, 3.05) is 0 Å². The number of carboxylic acids is 1. The Bertz CT molecular complexity index is 397. The van der Waals surface area contributed by atoms with Crippen LogP contribution in [0.4, 0.5) is 0 Å². The number of carbonyl (C=O) groups is 2. The lowest BCUT2D eigenvalue weighted by molar-refractivity contribution is -0.138. The van der Waals surface area contributed by atoms with E-state index in [0.29, 0.717) is 12.0 Å². The second-order valence-corrected chi connectivity index (χ2v) is 3.55. The first kappa shape index (κ1) is 8.93. The van der Waals surface area contributed by atoms with Crippen molar-refractivity contribution < 1.29 is 14.7 Å². The SMILES string of the molecule is Cn1cc(C(=O)[C@H]2C[C@H]2C(=O)O)cn1. The fourth-order valence-electron chi connectivity index (χ4n) is 1.52. The number of nitrogens with zero attached hydrogens (tertiary/aromatic N) is 2. The van der Waals surface area contributed by atoms with Gasteiger partial charge in [0.2, 0.25) is 0 Å². The van der Waals surface area contributed by atoms with E-state index in [4.69, 9.17) is 5.11 Å². The van der Waals surface area contributed by atoms with Crippen LogP contribution in [0.15, 0.2) is 12.4 Å². The zero-order valence-electron chi connectivity index (χ0n) is 7.67. The van der Waals surface area contributed by atoms with Crippen LogP contribution < -0.4 is 0 Å². The van der Waals surface area contributed by atoms with Gasteiger partial charge in [-0.05, 0) is 6.42 Å². The molecule has 0 aromatic carbocycles. The van der Waals surface area contributed by atoms with Gasteiger partial charge in [0.15, 0.2) is 5.78 Å². The van der Waals surface area contributed by atoms with E-state index in [2.05, 4.69) is 5.10 Å². The van der Waals surface area contributed by atoms with Crippen molar-refractivity contribution in [3.05, 3.63) is 18.0 Å². The molecule has 14 heavy (non-hydrogen) atoms. The third-order valence-electron chi connectivity index (χ3n) is 2.43. The molecule has 1 N–H and O–H groups in total. The zero-order chi connectivity index (χ0) is 10.3. The van der Waals surface area contributed by atoms with E-state index in [1.807, 2.05) is 0 Å². The number of hydrogen-bond donors (Lipinski definition) is 1. The summed E-state index contributed by atoms with van der Waals surface area (Å²) in [6.07, 6.45) is 3.54. The van der Waals surface area contributed by atoms with Gasteiger partial charge in [-0.3, -0.25) is 14.3 Å². The maximum Gasteiger partial charge on any atom is 0.307 e. The maximum atomic E-state index is 11.6. The van der Waals surface area contributed by atoms with Gasteiger partial charge in [-0.1, -0.05) is 0 Å². The minimum Gasteiger partial charge on any atom is -0.481 e. The molecule has 5 nitrogen and oxygen atoms in total. The topological polar surface area (TPSA) is 72.2 Å². The van der Waals surface area contributed by atoms with Crippen LogP contribution in [0.3, 0.4) is 0 Å². The fourth-order valence-corrected chi connectivity index (χ4v) is 1.52. The van der Waals surface area contributed by atoms with Crippen molar-refractivity contribution in [1.82, 2.24) is 9.78 Å². The average Bonchev–Trinajstić information content (AvgIpc) is 2.82. The molecule has 0 radical (unpaired) electrons. The first-order chi connectivity index (χ1) is 6.59. The Hall–Kier alpha value is -1.65. The molecule has 0 aliphatic heterocycles. The molecule has 0 spiro atoms. The number of carbonyl (C=O) groups excluding carboxylic acids is 1. The molecule has 1 aromatic rings. The Morgan fingerprint density at radius 2 is 2.29 bits per heavy atom. The molecule has 1 fully saturated rings. The smallest absolute Gasteiger partial charge is 0.307 e. The second kappa shape index (κ2) is 2.94. The quantitative estimate of drug-likeness (QED) is 0.703. The van der Waals surface area contributed by atoms with Crippen LogP contribution in [0.25, 0.3) is 0 Å². The fraction of sp³-hybridized carbons (Fsp3) is 0.444. The lowest BCUT2D eigenvalue weighted by Crippen LogP contribution is -2.07. The number of aromatic nitrogens is 2. The Kier molecular flexibility index (Phi) is 1.87. The highest BCUT2D eigenvalue weighted by molar-refractivity contribution is 6.02. The molecule has 1 saturated carbocycles. The predicted octanol–water partition coefficient (Wildman–Crippen LogP) is 0.323.